The molecule has 4 nitrogen and oxygen atoms in total. The minimum absolute atomic E-state index is 0.0941. The van der Waals surface area contributed by atoms with Crippen LogP contribution in [0.2, 0.25) is 0 Å². The summed E-state index contributed by atoms with van der Waals surface area (Å²) in [5.41, 5.74) is 0.943. The highest BCUT2D eigenvalue weighted by Crippen LogP contribution is 2.20. The first-order valence-corrected chi connectivity index (χ1v) is 9.77. The second-order valence-corrected chi connectivity index (χ2v) is 6.71. The molecule has 0 radical (unpaired) electrons. The van der Waals surface area contributed by atoms with Crippen molar-refractivity contribution in [1.82, 2.24) is 5.32 Å². The standard InChI is InChI=1S/C21H33NO3/c1-2-24-16-8-15-22-21(23)19-13-11-18(12-14-19)17-25-20-9-6-4-3-5-7-10-20/h11,13-14,18,20-23H,2-6,8-9,12,15-17H2,1H3. The fraction of sp³-hybridized carbons (Fsp3) is 0.714. The summed E-state index contributed by atoms with van der Waals surface area (Å²) in [6.07, 6.45) is 13.3. The lowest BCUT2D eigenvalue weighted by Crippen LogP contribution is -2.32. The molecule has 140 valence electrons. The molecule has 2 N–H and O–H groups in total. The zero-order valence-corrected chi connectivity index (χ0v) is 15.5. The Morgan fingerprint density at radius 1 is 1.36 bits per heavy atom. The Labute approximate surface area is 152 Å². The molecular weight excluding hydrogens is 314 g/mol. The molecule has 0 aliphatic heterocycles. The van der Waals surface area contributed by atoms with Gasteiger partial charge in [0.05, 0.1) is 6.61 Å². The van der Waals surface area contributed by atoms with E-state index in [2.05, 4.69) is 29.3 Å². The maximum atomic E-state index is 10.2. The van der Waals surface area contributed by atoms with Gasteiger partial charge in [-0.05, 0) is 51.1 Å². The van der Waals surface area contributed by atoms with Crippen LogP contribution in [0.4, 0.5) is 0 Å². The fourth-order valence-corrected chi connectivity index (χ4v) is 3.03. The van der Waals surface area contributed by atoms with Crippen LogP contribution in [-0.4, -0.2) is 43.8 Å². The predicted octanol–water partition coefficient (Wildman–Crippen LogP) is 3.18. The van der Waals surface area contributed by atoms with E-state index in [0.717, 1.165) is 51.0 Å². The van der Waals surface area contributed by atoms with Crippen molar-refractivity contribution in [3.63, 3.8) is 0 Å². The molecule has 0 spiro atoms. The van der Waals surface area contributed by atoms with Crippen LogP contribution in [0.15, 0.2) is 23.8 Å². The largest absolute Gasteiger partial charge is 0.382 e. The Bertz CT molecular complexity index is 489. The first-order chi connectivity index (χ1) is 12.3. The lowest BCUT2D eigenvalue weighted by molar-refractivity contribution is 0.0658. The van der Waals surface area contributed by atoms with Gasteiger partial charge in [-0.2, -0.15) is 0 Å². The molecule has 0 heterocycles. The van der Waals surface area contributed by atoms with Crippen molar-refractivity contribution in [2.24, 2.45) is 5.92 Å². The number of hydrogen-bond acceptors (Lipinski definition) is 4. The average molecular weight is 347 g/mol. The lowest BCUT2D eigenvalue weighted by atomic mass is 9.96. The van der Waals surface area contributed by atoms with Crippen molar-refractivity contribution in [2.45, 2.75) is 64.2 Å². The van der Waals surface area contributed by atoms with E-state index in [-0.39, 0.29) is 6.10 Å². The quantitative estimate of drug-likeness (QED) is 0.362. The molecule has 2 rings (SSSR count). The van der Waals surface area contributed by atoms with Gasteiger partial charge >= 0.3 is 0 Å². The van der Waals surface area contributed by atoms with Gasteiger partial charge < -0.3 is 14.6 Å². The summed E-state index contributed by atoms with van der Waals surface area (Å²) in [7, 11) is 0. The van der Waals surface area contributed by atoms with Gasteiger partial charge in [0, 0.05) is 25.6 Å². The second-order valence-electron chi connectivity index (χ2n) is 6.71. The van der Waals surface area contributed by atoms with Gasteiger partial charge in [0.1, 0.15) is 12.3 Å². The Morgan fingerprint density at radius 2 is 2.28 bits per heavy atom. The highest BCUT2D eigenvalue weighted by atomic mass is 16.5. The number of aliphatic hydroxyl groups excluding tert-OH is 1. The Kier molecular flexibility index (Phi) is 9.91. The van der Waals surface area contributed by atoms with E-state index in [1.54, 1.807) is 0 Å². The van der Waals surface area contributed by atoms with E-state index < -0.39 is 6.23 Å². The van der Waals surface area contributed by atoms with Crippen LogP contribution in [0.5, 0.6) is 0 Å². The molecule has 0 aromatic heterocycles. The summed E-state index contributed by atoms with van der Waals surface area (Å²) in [5.74, 6) is 6.85. The van der Waals surface area contributed by atoms with E-state index in [9.17, 15) is 5.11 Å². The number of nitrogens with one attached hydrogen (secondary N) is 1. The maximum absolute atomic E-state index is 10.2. The third kappa shape index (κ3) is 8.20. The summed E-state index contributed by atoms with van der Waals surface area (Å²) in [6.45, 7) is 4.92. The van der Waals surface area contributed by atoms with Gasteiger partial charge in [0.2, 0.25) is 0 Å². The van der Waals surface area contributed by atoms with Crippen LogP contribution in [0, 0.1) is 17.8 Å². The first kappa shape index (κ1) is 20.2. The maximum Gasteiger partial charge on any atom is 0.130 e. The molecule has 0 aromatic rings. The van der Waals surface area contributed by atoms with Gasteiger partial charge in [-0.1, -0.05) is 30.6 Å². The molecule has 4 heteroatoms. The van der Waals surface area contributed by atoms with Crippen LogP contribution < -0.4 is 5.32 Å². The monoisotopic (exact) mass is 347 g/mol. The zero-order chi connectivity index (χ0) is 17.7. The molecule has 3 atom stereocenters. The third-order valence-electron chi connectivity index (χ3n) is 4.58. The summed E-state index contributed by atoms with van der Waals surface area (Å²) >= 11 is 0. The predicted molar refractivity (Wildman–Crippen MR) is 101 cm³/mol. The van der Waals surface area contributed by atoms with Crippen molar-refractivity contribution in [2.75, 3.05) is 26.4 Å². The van der Waals surface area contributed by atoms with Crippen LogP contribution in [0.3, 0.4) is 0 Å². The van der Waals surface area contributed by atoms with Gasteiger partial charge in [-0.15, -0.1) is 5.92 Å². The van der Waals surface area contributed by atoms with Crippen LogP contribution >= 0.6 is 0 Å². The zero-order valence-electron chi connectivity index (χ0n) is 15.5. The summed E-state index contributed by atoms with van der Waals surface area (Å²) in [4.78, 5) is 0. The van der Waals surface area contributed by atoms with Crippen LogP contribution in [0.1, 0.15) is 51.9 Å². The summed E-state index contributed by atoms with van der Waals surface area (Å²) in [5, 5.41) is 13.3. The van der Waals surface area contributed by atoms with E-state index in [0.29, 0.717) is 12.5 Å². The van der Waals surface area contributed by atoms with Crippen LogP contribution in [0.25, 0.3) is 0 Å². The number of aliphatic hydroxyl groups is 1. The summed E-state index contributed by atoms with van der Waals surface area (Å²) < 4.78 is 11.3. The van der Waals surface area contributed by atoms with Gasteiger partial charge in [0.25, 0.3) is 0 Å². The van der Waals surface area contributed by atoms with Gasteiger partial charge in [-0.3, -0.25) is 5.32 Å². The molecule has 0 fully saturated rings. The van der Waals surface area contributed by atoms with E-state index in [1.807, 2.05) is 13.0 Å². The first-order valence-electron chi connectivity index (χ1n) is 9.77. The van der Waals surface area contributed by atoms with Gasteiger partial charge in [0.15, 0.2) is 0 Å². The Balaban J connectivity index is 1.64. The highest BCUT2D eigenvalue weighted by Gasteiger charge is 2.16. The van der Waals surface area contributed by atoms with Gasteiger partial charge in [-0.25, -0.2) is 0 Å². The highest BCUT2D eigenvalue weighted by molar-refractivity contribution is 5.26. The molecule has 0 saturated carbocycles. The SMILES string of the molecule is CCOCCCNC(O)C1=CCC(COC2C#CCCCCC2)C=C1. The smallest absolute Gasteiger partial charge is 0.130 e. The molecule has 0 saturated heterocycles. The number of hydrogen-bond donors (Lipinski definition) is 2. The van der Waals surface area contributed by atoms with Crippen molar-refractivity contribution in [1.29, 1.82) is 0 Å². The van der Waals surface area contributed by atoms with E-state index in [4.69, 9.17) is 9.47 Å². The van der Waals surface area contributed by atoms with E-state index >= 15 is 0 Å². The number of rotatable bonds is 10. The summed E-state index contributed by atoms with van der Waals surface area (Å²) in [6, 6.07) is 0. The molecule has 3 unspecified atom stereocenters. The molecule has 0 amide bonds. The average Bonchev–Trinajstić information content (AvgIpc) is 2.61. The second kappa shape index (κ2) is 12.3. The molecule has 0 bridgehead atoms. The van der Waals surface area contributed by atoms with Crippen LogP contribution in [-0.2, 0) is 9.47 Å². The molecule has 2 aliphatic carbocycles. The Hall–Kier alpha value is -1.12. The minimum Gasteiger partial charge on any atom is -0.382 e. The van der Waals surface area contributed by atoms with Crippen molar-refractivity contribution < 1.29 is 14.6 Å². The number of ether oxygens (including phenoxy) is 2. The fourth-order valence-electron chi connectivity index (χ4n) is 3.03. The molecule has 2 aliphatic rings. The molecule has 0 aromatic carbocycles. The lowest BCUT2D eigenvalue weighted by Gasteiger charge is -2.22. The van der Waals surface area contributed by atoms with Crippen molar-refractivity contribution in [3.05, 3.63) is 23.8 Å². The topological polar surface area (TPSA) is 50.7 Å². The van der Waals surface area contributed by atoms with Crippen molar-refractivity contribution in [3.8, 4) is 11.8 Å². The third-order valence-corrected chi connectivity index (χ3v) is 4.58. The number of allylic oxidation sites excluding steroid dienone is 1. The van der Waals surface area contributed by atoms with Crippen molar-refractivity contribution >= 4 is 0 Å². The normalized spacial score (nSPS) is 24.6. The Morgan fingerprint density at radius 3 is 3.08 bits per heavy atom. The molecule has 25 heavy (non-hydrogen) atoms. The molecular formula is C21H33NO3. The van der Waals surface area contributed by atoms with E-state index in [1.165, 1.54) is 19.3 Å². The minimum atomic E-state index is -0.601.